The Labute approximate surface area is 173 Å². The summed E-state index contributed by atoms with van der Waals surface area (Å²) >= 11 is -0.897. The van der Waals surface area contributed by atoms with Crippen LogP contribution in [0.25, 0.3) is 11.0 Å². The number of aromatic amines is 1. The molecule has 0 amide bonds. The summed E-state index contributed by atoms with van der Waals surface area (Å²) < 4.78 is 20.4. The topological polar surface area (TPSA) is 97.1 Å². The second kappa shape index (κ2) is 7.97. The lowest BCUT2D eigenvalue weighted by molar-refractivity contribution is 0.266. The maximum atomic E-state index is 12.8. The van der Waals surface area contributed by atoms with Crippen LogP contribution in [-0.4, -0.2) is 60.7 Å². The zero-order chi connectivity index (χ0) is 19.8. The molecule has 5 rings (SSSR count). The number of piperidine rings is 1. The molecule has 154 valence electrons. The molecule has 0 aromatic carbocycles. The number of aromatic nitrogens is 4. The normalized spacial score (nSPS) is 24.5. The molecule has 1 N–H and O–H groups in total. The summed E-state index contributed by atoms with van der Waals surface area (Å²) in [6.07, 6.45) is 10.9. The number of fused-ring (bicyclic) bond motifs is 1. The highest BCUT2D eigenvalue weighted by Gasteiger charge is 2.38. The first-order valence-electron chi connectivity index (χ1n) is 10.2. The minimum Gasteiger partial charge on any atom is -0.598 e. The number of nitrogens with zero attached hydrogens (tertiary/aromatic N) is 5. The van der Waals surface area contributed by atoms with Crippen molar-refractivity contribution in [2.24, 2.45) is 5.92 Å². The molecule has 3 aromatic heterocycles. The van der Waals surface area contributed by atoms with E-state index in [1.165, 1.54) is 6.39 Å². The zero-order valence-corrected chi connectivity index (χ0v) is 17.3. The van der Waals surface area contributed by atoms with Crippen LogP contribution in [0, 0.1) is 5.92 Å². The van der Waals surface area contributed by atoms with E-state index in [9.17, 15) is 4.55 Å². The third kappa shape index (κ3) is 3.74. The summed E-state index contributed by atoms with van der Waals surface area (Å²) in [5, 5.41) is 1.05. The van der Waals surface area contributed by atoms with Crippen molar-refractivity contribution in [2.45, 2.75) is 37.6 Å². The van der Waals surface area contributed by atoms with Crippen LogP contribution in [0.15, 0.2) is 35.6 Å². The van der Waals surface area contributed by atoms with Crippen molar-refractivity contribution in [1.29, 1.82) is 0 Å². The van der Waals surface area contributed by atoms with Gasteiger partial charge in [0.25, 0.3) is 0 Å². The first kappa shape index (κ1) is 18.9. The number of oxazole rings is 1. The predicted octanol–water partition coefficient (Wildman–Crippen LogP) is 2.70. The minimum atomic E-state index is -0.897. The van der Waals surface area contributed by atoms with Gasteiger partial charge in [-0.25, -0.2) is 15.0 Å². The van der Waals surface area contributed by atoms with Crippen LogP contribution < -0.4 is 4.90 Å². The average molecular weight is 415 g/mol. The van der Waals surface area contributed by atoms with Crippen LogP contribution in [0.4, 0.5) is 5.82 Å². The van der Waals surface area contributed by atoms with E-state index in [4.69, 9.17) is 4.42 Å². The van der Waals surface area contributed by atoms with Crippen molar-refractivity contribution in [3.8, 4) is 0 Å². The molecule has 1 aliphatic carbocycles. The van der Waals surface area contributed by atoms with E-state index in [1.807, 2.05) is 12.3 Å². The quantitative estimate of drug-likeness (QED) is 0.619. The molecule has 2 aliphatic rings. The standard InChI is InChI=1S/C20H26N6O2S/c1-25(20-17-2-5-22-19(17)23-12-24-20)16-8-14(9-16)11-29(27)26-6-3-15(4-7-26)18-10-21-13-28-18/h2,5,10,12-16H,3-4,6-9,11H2,1H3,(H,22,23,24)/t14-,16+,29?. The summed E-state index contributed by atoms with van der Waals surface area (Å²) in [6.45, 7) is 1.72. The molecule has 8 nitrogen and oxygen atoms in total. The van der Waals surface area contributed by atoms with E-state index in [0.717, 1.165) is 67.1 Å². The highest BCUT2D eigenvalue weighted by atomic mass is 32.2. The largest absolute Gasteiger partial charge is 0.598 e. The van der Waals surface area contributed by atoms with E-state index in [0.29, 0.717) is 17.9 Å². The van der Waals surface area contributed by atoms with Gasteiger partial charge in [-0.15, -0.1) is 4.31 Å². The van der Waals surface area contributed by atoms with Gasteiger partial charge in [0, 0.05) is 55.6 Å². The smallest absolute Gasteiger partial charge is 0.180 e. The van der Waals surface area contributed by atoms with E-state index < -0.39 is 11.4 Å². The van der Waals surface area contributed by atoms with Crippen molar-refractivity contribution >= 4 is 28.2 Å². The molecule has 1 saturated carbocycles. The van der Waals surface area contributed by atoms with Gasteiger partial charge in [-0.3, -0.25) is 0 Å². The summed E-state index contributed by atoms with van der Waals surface area (Å²) in [7, 11) is 2.10. The van der Waals surface area contributed by atoms with E-state index in [-0.39, 0.29) is 0 Å². The van der Waals surface area contributed by atoms with Crippen molar-refractivity contribution in [2.75, 3.05) is 30.8 Å². The van der Waals surface area contributed by atoms with Gasteiger partial charge in [0.1, 0.15) is 29.3 Å². The van der Waals surface area contributed by atoms with Gasteiger partial charge in [-0.1, -0.05) is 0 Å². The van der Waals surface area contributed by atoms with Gasteiger partial charge in [-0.05, 0) is 31.7 Å². The Balaban J connectivity index is 1.11. The van der Waals surface area contributed by atoms with Crippen LogP contribution in [0.5, 0.6) is 0 Å². The third-order valence-corrected chi connectivity index (χ3v) is 8.10. The van der Waals surface area contributed by atoms with Crippen LogP contribution >= 0.6 is 0 Å². The molecule has 9 heteroatoms. The highest BCUT2D eigenvalue weighted by Crippen LogP contribution is 2.37. The van der Waals surface area contributed by atoms with Gasteiger partial charge in [0.15, 0.2) is 6.39 Å². The van der Waals surface area contributed by atoms with Gasteiger partial charge >= 0.3 is 0 Å². The molecule has 0 bridgehead atoms. The molecule has 29 heavy (non-hydrogen) atoms. The van der Waals surface area contributed by atoms with Crippen LogP contribution in [0.1, 0.15) is 37.4 Å². The van der Waals surface area contributed by atoms with E-state index in [1.54, 1.807) is 12.5 Å². The molecule has 1 aliphatic heterocycles. The van der Waals surface area contributed by atoms with Gasteiger partial charge in [0.05, 0.1) is 11.6 Å². The Morgan fingerprint density at radius 1 is 1.31 bits per heavy atom. The fourth-order valence-corrected chi connectivity index (χ4v) is 6.05. The maximum absolute atomic E-state index is 12.8. The van der Waals surface area contributed by atoms with Crippen LogP contribution in [0.3, 0.4) is 0 Å². The van der Waals surface area contributed by atoms with Gasteiger partial charge in [-0.2, -0.15) is 0 Å². The monoisotopic (exact) mass is 414 g/mol. The zero-order valence-electron chi connectivity index (χ0n) is 16.5. The Bertz CT molecular complexity index is 934. The van der Waals surface area contributed by atoms with Gasteiger partial charge in [0.2, 0.25) is 0 Å². The first-order chi connectivity index (χ1) is 14.2. The lowest BCUT2D eigenvalue weighted by Gasteiger charge is -2.42. The molecular weight excluding hydrogens is 388 g/mol. The summed E-state index contributed by atoms with van der Waals surface area (Å²) in [5.74, 6) is 3.61. The lowest BCUT2D eigenvalue weighted by Crippen LogP contribution is -2.48. The highest BCUT2D eigenvalue weighted by molar-refractivity contribution is 7.89. The Morgan fingerprint density at radius 3 is 2.90 bits per heavy atom. The second-order valence-corrected chi connectivity index (χ2v) is 9.63. The maximum Gasteiger partial charge on any atom is 0.180 e. The fourth-order valence-electron chi connectivity index (χ4n) is 4.54. The van der Waals surface area contributed by atoms with E-state index in [2.05, 4.69) is 36.2 Å². The number of rotatable bonds is 6. The SMILES string of the molecule is CN(c1ncnc2[nH]ccc12)[C@H]1C[C@@H](C[S+]([O-])N2CCC(c3cnco3)CC2)C1. The van der Waals surface area contributed by atoms with Crippen LogP contribution in [0.2, 0.25) is 0 Å². The van der Waals surface area contributed by atoms with Crippen molar-refractivity contribution < 1.29 is 8.97 Å². The molecule has 4 heterocycles. The molecule has 2 fully saturated rings. The number of nitrogens with one attached hydrogen (secondary N) is 1. The molecule has 1 atom stereocenters. The average Bonchev–Trinajstić information content (AvgIpc) is 3.41. The Morgan fingerprint density at radius 2 is 2.14 bits per heavy atom. The summed E-state index contributed by atoms with van der Waals surface area (Å²) in [6, 6.07) is 2.47. The molecule has 1 saturated heterocycles. The minimum absolute atomic E-state index is 0.408. The first-order valence-corrected chi connectivity index (χ1v) is 11.5. The summed E-state index contributed by atoms with van der Waals surface area (Å²) in [4.78, 5) is 18.2. The molecule has 1 unspecified atom stereocenters. The molecule has 0 spiro atoms. The molecule has 0 radical (unpaired) electrons. The Kier molecular flexibility index (Phi) is 5.19. The summed E-state index contributed by atoms with van der Waals surface area (Å²) in [5.41, 5.74) is 0.868. The number of anilines is 1. The second-order valence-electron chi connectivity index (χ2n) is 8.13. The number of H-pyrrole nitrogens is 1. The number of hydrogen-bond donors (Lipinski definition) is 1. The van der Waals surface area contributed by atoms with Crippen molar-refractivity contribution in [1.82, 2.24) is 24.2 Å². The van der Waals surface area contributed by atoms with Crippen LogP contribution in [-0.2, 0) is 11.4 Å². The number of hydrogen-bond acceptors (Lipinski definition) is 7. The predicted molar refractivity (Wildman–Crippen MR) is 112 cm³/mol. The molecular formula is C20H26N6O2S. The molecule has 3 aromatic rings. The third-order valence-electron chi connectivity index (χ3n) is 6.40. The van der Waals surface area contributed by atoms with Crippen molar-refractivity contribution in [3.05, 3.63) is 36.9 Å². The van der Waals surface area contributed by atoms with E-state index >= 15 is 0 Å². The Hall–Kier alpha value is -2.10. The van der Waals surface area contributed by atoms with Crippen molar-refractivity contribution in [3.63, 3.8) is 0 Å². The fraction of sp³-hybridized carbons (Fsp3) is 0.550. The van der Waals surface area contributed by atoms with Gasteiger partial charge < -0.3 is 18.9 Å². The lowest BCUT2D eigenvalue weighted by atomic mass is 9.81.